The predicted octanol–water partition coefficient (Wildman–Crippen LogP) is 1.56. The monoisotopic (exact) mass is 300 g/mol. The van der Waals surface area contributed by atoms with Crippen LogP contribution in [0.15, 0.2) is 0 Å². The molecule has 1 rings (SSSR count). The van der Waals surface area contributed by atoms with Gasteiger partial charge in [0.1, 0.15) is 22.8 Å². The van der Waals surface area contributed by atoms with Crippen LogP contribution in [0.1, 0.15) is 25.2 Å². The van der Waals surface area contributed by atoms with Gasteiger partial charge in [-0.2, -0.15) is 0 Å². The first-order chi connectivity index (χ1) is 9.49. The molecule has 0 bridgehead atoms. The summed E-state index contributed by atoms with van der Waals surface area (Å²) in [4.78, 5) is 20.4. The van der Waals surface area contributed by atoms with Crippen LogP contribution in [0.2, 0.25) is 5.15 Å². The third-order valence-electron chi connectivity index (χ3n) is 2.80. The van der Waals surface area contributed by atoms with Crippen LogP contribution in [0.25, 0.3) is 0 Å². The van der Waals surface area contributed by atoms with E-state index in [1.807, 2.05) is 13.8 Å². The lowest BCUT2D eigenvalue weighted by Gasteiger charge is -2.17. The number of anilines is 1. The van der Waals surface area contributed by atoms with Crippen LogP contribution in [0, 0.1) is 6.92 Å². The number of aromatic nitrogens is 2. The van der Waals surface area contributed by atoms with Crippen molar-refractivity contribution < 1.29 is 9.53 Å². The van der Waals surface area contributed by atoms with Gasteiger partial charge in [0.2, 0.25) is 5.91 Å². The van der Waals surface area contributed by atoms with Crippen molar-refractivity contribution in [3.63, 3.8) is 0 Å². The highest BCUT2D eigenvalue weighted by molar-refractivity contribution is 6.30. The fourth-order valence-corrected chi connectivity index (χ4v) is 1.72. The Morgan fingerprint density at radius 1 is 1.45 bits per heavy atom. The summed E-state index contributed by atoms with van der Waals surface area (Å²) in [5, 5.41) is 6.24. The Morgan fingerprint density at radius 2 is 2.15 bits per heavy atom. The highest BCUT2D eigenvalue weighted by Gasteiger charge is 2.16. The van der Waals surface area contributed by atoms with E-state index in [4.69, 9.17) is 16.3 Å². The molecule has 1 atom stereocenters. The Labute approximate surface area is 124 Å². The molecule has 112 valence electrons. The summed E-state index contributed by atoms with van der Waals surface area (Å²) in [6.45, 7) is 6.50. The molecule has 1 unspecified atom stereocenters. The fraction of sp³-hybridized carbons (Fsp3) is 0.615. The van der Waals surface area contributed by atoms with Crippen LogP contribution in [-0.2, 0) is 16.0 Å². The minimum absolute atomic E-state index is 0.116. The van der Waals surface area contributed by atoms with Crippen molar-refractivity contribution >= 4 is 23.3 Å². The molecule has 0 saturated carbocycles. The number of hydrogen-bond acceptors (Lipinski definition) is 5. The minimum Gasteiger partial charge on any atom is -0.383 e. The number of halogens is 1. The third kappa shape index (κ3) is 4.61. The first-order valence-corrected chi connectivity index (χ1v) is 6.93. The number of amides is 1. The van der Waals surface area contributed by atoms with Crippen molar-refractivity contribution in [2.24, 2.45) is 0 Å². The van der Waals surface area contributed by atoms with Gasteiger partial charge in [-0.1, -0.05) is 18.5 Å². The average molecular weight is 301 g/mol. The van der Waals surface area contributed by atoms with E-state index in [2.05, 4.69) is 20.6 Å². The van der Waals surface area contributed by atoms with Crippen LogP contribution in [-0.4, -0.2) is 42.2 Å². The molecule has 1 aromatic rings. The van der Waals surface area contributed by atoms with Gasteiger partial charge in [-0.15, -0.1) is 0 Å². The van der Waals surface area contributed by atoms with Gasteiger partial charge in [0.15, 0.2) is 0 Å². The number of nitrogens with one attached hydrogen (secondary N) is 2. The zero-order chi connectivity index (χ0) is 15.1. The highest BCUT2D eigenvalue weighted by Crippen LogP contribution is 2.20. The molecule has 6 nitrogen and oxygen atoms in total. The Bertz CT molecular complexity index is 468. The molecule has 7 heteroatoms. The minimum atomic E-state index is -0.416. The molecular formula is C13H21ClN4O2. The SMILES string of the molecule is CCc1nc(Cl)c(C)c(NC(C)C(=O)NCCOC)n1. The molecule has 0 fully saturated rings. The first kappa shape index (κ1) is 16.7. The summed E-state index contributed by atoms with van der Waals surface area (Å²) in [7, 11) is 1.59. The Hall–Kier alpha value is -1.40. The molecule has 0 radical (unpaired) electrons. The highest BCUT2D eigenvalue weighted by atomic mass is 35.5. The summed E-state index contributed by atoms with van der Waals surface area (Å²) in [6.07, 6.45) is 0.684. The van der Waals surface area contributed by atoms with Crippen LogP contribution >= 0.6 is 11.6 Å². The average Bonchev–Trinajstić information content (AvgIpc) is 2.43. The molecule has 1 heterocycles. The van der Waals surface area contributed by atoms with Gasteiger partial charge in [-0.3, -0.25) is 4.79 Å². The second-order valence-corrected chi connectivity index (χ2v) is 4.77. The maximum Gasteiger partial charge on any atom is 0.242 e. The molecule has 0 saturated heterocycles. The van der Waals surface area contributed by atoms with E-state index in [0.717, 1.165) is 5.56 Å². The normalized spacial score (nSPS) is 12.1. The Morgan fingerprint density at radius 3 is 2.75 bits per heavy atom. The van der Waals surface area contributed by atoms with Crippen LogP contribution in [0.5, 0.6) is 0 Å². The Balaban J connectivity index is 2.72. The number of carbonyl (C=O) groups excluding carboxylic acids is 1. The van der Waals surface area contributed by atoms with Crippen molar-refractivity contribution in [2.75, 3.05) is 25.6 Å². The molecule has 0 aromatic carbocycles. The summed E-state index contributed by atoms with van der Waals surface area (Å²) < 4.78 is 4.88. The second kappa shape index (κ2) is 8.01. The van der Waals surface area contributed by atoms with E-state index >= 15 is 0 Å². The van der Waals surface area contributed by atoms with E-state index < -0.39 is 6.04 Å². The van der Waals surface area contributed by atoms with Gasteiger partial charge in [0.05, 0.1) is 6.61 Å². The van der Waals surface area contributed by atoms with Gasteiger partial charge in [0, 0.05) is 25.6 Å². The molecule has 0 spiro atoms. The maximum absolute atomic E-state index is 11.9. The standard InChI is InChI=1S/C13H21ClN4O2/c1-5-10-17-11(14)8(2)12(18-10)16-9(3)13(19)15-6-7-20-4/h9H,5-7H2,1-4H3,(H,15,19)(H,16,17,18). The first-order valence-electron chi connectivity index (χ1n) is 6.55. The summed E-state index contributed by atoms with van der Waals surface area (Å²) >= 11 is 6.05. The van der Waals surface area contributed by atoms with E-state index in [1.54, 1.807) is 14.0 Å². The van der Waals surface area contributed by atoms with Crippen molar-refractivity contribution in [2.45, 2.75) is 33.2 Å². The lowest BCUT2D eigenvalue weighted by Crippen LogP contribution is -2.39. The number of aryl methyl sites for hydroxylation is 1. The molecule has 1 aromatic heterocycles. The number of hydrogen-bond donors (Lipinski definition) is 2. The number of methoxy groups -OCH3 is 1. The fourth-order valence-electron chi connectivity index (χ4n) is 1.53. The largest absolute Gasteiger partial charge is 0.383 e. The van der Waals surface area contributed by atoms with Crippen molar-refractivity contribution in [1.82, 2.24) is 15.3 Å². The lowest BCUT2D eigenvalue weighted by atomic mass is 10.2. The van der Waals surface area contributed by atoms with Gasteiger partial charge in [-0.05, 0) is 13.8 Å². The van der Waals surface area contributed by atoms with Gasteiger partial charge >= 0.3 is 0 Å². The van der Waals surface area contributed by atoms with E-state index in [9.17, 15) is 4.79 Å². The van der Waals surface area contributed by atoms with Gasteiger partial charge < -0.3 is 15.4 Å². The second-order valence-electron chi connectivity index (χ2n) is 4.41. The summed E-state index contributed by atoms with van der Waals surface area (Å²) in [5.74, 6) is 1.13. The third-order valence-corrected chi connectivity index (χ3v) is 3.17. The maximum atomic E-state index is 11.9. The molecule has 0 aliphatic rings. The van der Waals surface area contributed by atoms with Crippen molar-refractivity contribution in [1.29, 1.82) is 0 Å². The summed E-state index contributed by atoms with van der Waals surface area (Å²) in [5.41, 5.74) is 0.736. The molecule has 1 amide bonds. The topological polar surface area (TPSA) is 76.1 Å². The van der Waals surface area contributed by atoms with Crippen molar-refractivity contribution in [3.05, 3.63) is 16.5 Å². The molecule has 2 N–H and O–H groups in total. The number of ether oxygens (including phenoxy) is 1. The summed E-state index contributed by atoms with van der Waals surface area (Å²) in [6, 6.07) is -0.416. The van der Waals surface area contributed by atoms with E-state index in [0.29, 0.717) is 36.4 Å². The zero-order valence-corrected chi connectivity index (χ0v) is 13.0. The predicted molar refractivity (Wildman–Crippen MR) is 79.1 cm³/mol. The Kier molecular flexibility index (Phi) is 6.67. The van der Waals surface area contributed by atoms with Crippen molar-refractivity contribution in [3.8, 4) is 0 Å². The number of rotatable bonds is 7. The lowest BCUT2D eigenvalue weighted by molar-refractivity contribution is -0.121. The van der Waals surface area contributed by atoms with Gasteiger partial charge in [0.25, 0.3) is 0 Å². The number of carbonyl (C=O) groups is 1. The smallest absolute Gasteiger partial charge is 0.242 e. The van der Waals surface area contributed by atoms with Gasteiger partial charge in [-0.25, -0.2) is 9.97 Å². The quantitative estimate of drug-likeness (QED) is 0.590. The molecule has 0 aliphatic heterocycles. The molecule has 20 heavy (non-hydrogen) atoms. The van der Waals surface area contributed by atoms with Crippen LogP contribution < -0.4 is 10.6 Å². The van der Waals surface area contributed by atoms with Crippen LogP contribution in [0.3, 0.4) is 0 Å². The van der Waals surface area contributed by atoms with E-state index in [-0.39, 0.29) is 5.91 Å². The van der Waals surface area contributed by atoms with E-state index in [1.165, 1.54) is 0 Å². The van der Waals surface area contributed by atoms with Crippen LogP contribution in [0.4, 0.5) is 5.82 Å². The zero-order valence-electron chi connectivity index (χ0n) is 12.3. The molecular weight excluding hydrogens is 280 g/mol. The molecule has 0 aliphatic carbocycles. The number of nitrogens with zero attached hydrogens (tertiary/aromatic N) is 2.